The van der Waals surface area contributed by atoms with Gasteiger partial charge < -0.3 is 18.0 Å². The molecule has 0 radical (unpaired) electrons. The van der Waals surface area contributed by atoms with Crippen LogP contribution in [0.4, 0.5) is 0 Å². The van der Waals surface area contributed by atoms with Gasteiger partial charge in [-0.05, 0) is 123 Å². The van der Waals surface area contributed by atoms with Gasteiger partial charge in [-0.3, -0.25) is 0 Å². The Morgan fingerprint density at radius 3 is 0.964 bits per heavy atom. The van der Waals surface area contributed by atoms with Crippen molar-refractivity contribution in [1.29, 1.82) is 0 Å². The summed E-state index contributed by atoms with van der Waals surface area (Å²) in [6, 6.07) is 135. The van der Waals surface area contributed by atoms with Crippen LogP contribution in [0.25, 0.3) is 212 Å². The molecule has 6 aromatic heterocycles. The molecule has 0 fully saturated rings. The Labute approximate surface area is 643 Å². The lowest BCUT2D eigenvalue weighted by Gasteiger charge is -2.15. The molecule has 0 bridgehead atoms. The predicted molar refractivity (Wildman–Crippen MR) is 457 cm³/mol. The number of para-hydroxylation sites is 4. The second-order valence-electron chi connectivity index (χ2n) is 28.0. The average Bonchev–Trinajstić information content (AvgIpc) is 1.52. The number of fused-ring (bicyclic) bond motifs is 14. The van der Waals surface area contributed by atoms with Crippen molar-refractivity contribution in [3.05, 3.63) is 388 Å². The number of hydrogen-bond acceptors (Lipinski definition) is 8. The Balaban J connectivity index is 0.000000141. The molecule has 0 unspecified atom stereocenters. The number of furan rings is 2. The third-order valence-corrected chi connectivity index (χ3v) is 21.4. The van der Waals surface area contributed by atoms with Gasteiger partial charge in [0.1, 0.15) is 22.3 Å². The summed E-state index contributed by atoms with van der Waals surface area (Å²) in [6.07, 6.45) is 0. The molecule has 0 aliphatic carbocycles. The van der Waals surface area contributed by atoms with Crippen molar-refractivity contribution in [2.45, 2.75) is 0 Å². The van der Waals surface area contributed by atoms with Crippen LogP contribution in [0.3, 0.4) is 0 Å². The van der Waals surface area contributed by atoms with Gasteiger partial charge in [-0.2, -0.15) is 0 Å². The molecule has 22 aromatic rings. The highest BCUT2D eigenvalue weighted by Gasteiger charge is 2.27. The van der Waals surface area contributed by atoms with Crippen molar-refractivity contribution in [3.8, 4) is 124 Å². The van der Waals surface area contributed by atoms with E-state index < -0.39 is 0 Å². The Morgan fingerprint density at radius 1 is 0.179 bits per heavy atom. The van der Waals surface area contributed by atoms with Crippen molar-refractivity contribution in [2.75, 3.05) is 0 Å². The fourth-order valence-electron chi connectivity index (χ4n) is 16.1. The quantitative estimate of drug-likeness (QED) is 0.119. The first-order valence-electron chi connectivity index (χ1n) is 37.6. The molecule has 10 nitrogen and oxygen atoms in total. The summed E-state index contributed by atoms with van der Waals surface area (Å²) in [5.41, 5.74) is 24.3. The van der Waals surface area contributed by atoms with Crippen molar-refractivity contribution in [1.82, 2.24) is 39.0 Å². The van der Waals surface area contributed by atoms with Gasteiger partial charge in [0.2, 0.25) is 0 Å². The van der Waals surface area contributed by atoms with Crippen LogP contribution in [-0.4, -0.2) is 39.0 Å². The molecule has 524 valence electrons. The lowest BCUT2D eigenvalue weighted by atomic mass is 9.98. The topological polar surface area (TPSA) is 113 Å². The number of rotatable bonds is 12. The first kappa shape index (κ1) is 65.1. The minimum absolute atomic E-state index is 0.593. The number of benzene rings is 16. The van der Waals surface area contributed by atoms with Gasteiger partial charge in [0.05, 0.1) is 44.2 Å². The minimum Gasteiger partial charge on any atom is -0.455 e. The lowest BCUT2D eigenvalue weighted by molar-refractivity contribution is 0.672. The summed E-state index contributed by atoms with van der Waals surface area (Å²) in [5.74, 6) is 3.65. The van der Waals surface area contributed by atoms with Crippen LogP contribution in [-0.2, 0) is 0 Å². The highest BCUT2D eigenvalue weighted by atomic mass is 16.3. The highest BCUT2D eigenvalue weighted by molar-refractivity contribution is 6.27. The standard InChI is InChI=1S/2C51H32N4O/c1-4-15-33(16-5-1)34-27-29-37(30-28-34)50-52-49(36-19-8-3-9-20-36)53-51(54-50)41-22-10-12-24-42(41)55-43-25-14-23-38(35-17-6-2-7-18-35)46(43)47-44(55)32-31-40-39-21-11-13-26-45(39)56-48(40)47;1-4-14-33(15-5-1)35-24-26-37(27-25-35)50-52-49(36-18-8-3-9-19-36)53-51(54-50)41-21-10-12-22-43(41)55-44-30-28-38(34-16-6-2-7-17-34)32-42(44)47-45(55)31-29-40-39-20-11-13-23-46(39)56-48(40)47/h2*1-32H. The summed E-state index contributed by atoms with van der Waals surface area (Å²) in [4.78, 5) is 30.9. The summed E-state index contributed by atoms with van der Waals surface area (Å²) in [7, 11) is 0. The zero-order valence-corrected chi connectivity index (χ0v) is 60.3. The van der Waals surface area contributed by atoms with E-state index in [1.807, 2.05) is 97.1 Å². The van der Waals surface area contributed by atoms with E-state index in [9.17, 15) is 0 Å². The molecule has 0 saturated heterocycles. The Morgan fingerprint density at radius 2 is 0.491 bits per heavy atom. The van der Waals surface area contributed by atoms with Crippen molar-refractivity contribution < 1.29 is 8.83 Å². The van der Waals surface area contributed by atoms with E-state index in [-0.39, 0.29) is 0 Å². The second-order valence-corrected chi connectivity index (χ2v) is 28.0. The molecule has 10 heteroatoms. The summed E-state index contributed by atoms with van der Waals surface area (Å²) < 4.78 is 18.1. The molecular weight excluding hydrogens is 1370 g/mol. The highest BCUT2D eigenvalue weighted by Crippen LogP contribution is 2.47. The lowest BCUT2D eigenvalue weighted by Crippen LogP contribution is -2.03. The van der Waals surface area contributed by atoms with Gasteiger partial charge in [-0.25, -0.2) is 29.9 Å². The number of aromatic nitrogens is 8. The van der Waals surface area contributed by atoms with Gasteiger partial charge in [0.25, 0.3) is 0 Å². The van der Waals surface area contributed by atoms with Gasteiger partial charge >= 0.3 is 0 Å². The van der Waals surface area contributed by atoms with Crippen LogP contribution in [0.2, 0.25) is 0 Å². The van der Waals surface area contributed by atoms with Crippen LogP contribution in [0.5, 0.6) is 0 Å². The first-order valence-corrected chi connectivity index (χ1v) is 37.6. The van der Waals surface area contributed by atoms with E-state index in [0.717, 1.165) is 177 Å². The van der Waals surface area contributed by atoms with Gasteiger partial charge in [-0.15, -0.1) is 0 Å². The average molecular weight is 1430 g/mol. The normalized spacial score (nSPS) is 11.6. The molecule has 0 spiro atoms. The largest absolute Gasteiger partial charge is 0.455 e. The first-order chi connectivity index (χ1) is 55.5. The third kappa shape index (κ3) is 11.4. The molecule has 0 amide bonds. The molecule has 6 heterocycles. The molecule has 16 aromatic carbocycles. The maximum atomic E-state index is 6.75. The maximum Gasteiger partial charge on any atom is 0.166 e. The monoisotopic (exact) mass is 1430 g/mol. The Hall–Kier alpha value is -15.3. The maximum absolute atomic E-state index is 6.75. The third-order valence-electron chi connectivity index (χ3n) is 21.4. The van der Waals surface area contributed by atoms with Crippen molar-refractivity contribution >= 4 is 87.5 Å². The van der Waals surface area contributed by atoms with Crippen molar-refractivity contribution in [2.24, 2.45) is 0 Å². The van der Waals surface area contributed by atoms with Crippen LogP contribution < -0.4 is 0 Å². The van der Waals surface area contributed by atoms with E-state index >= 15 is 0 Å². The van der Waals surface area contributed by atoms with Gasteiger partial charge in [-0.1, -0.05) is 309 Å². The second kappa shape index (κ2) is 27.5. The predicted octanol–water partition coefficient (Wildman–Crippen LogP) is 26.4. The smallest absolute Gasteiger partial charge is 0.166 e. The minimum atomic E-state index is 0.593. The zero-order chi connectivity index (χ0) is 74.0. The van der Waals surface area contributed by atoms with Gasteiger partial charge in [0.15, 0.2) is 34.9 Å². The summed E-state index contributed by atoms with van der Waals surface area (Å²) in [5, 5.41) is 8.78. The van der Waals surface area contributed by atoms with E-state index in [2.05, 4.69) is 300 Å². The molecule has 22 rings (SSSR count). The molecule has 0 atom stereocenters. The Kier molecular flexibility index (Phi) is 16.0. The summed E-state index contributed by atoms with van der Waals surface area (Å²) in [6.45, 7) is 0. The molecule has 0 aliphatic heterocycles. The van der Waals surface area contributed by atoms with E-state index in [0.29, 0.717) is 34.9 Å². The molecule has 0 N–H and O–H groups in total. The van der Waals surface area contributed by atoms with E-state index in [1.54, 1.807) is 0 Å². The van der Waals surface area contributed by atoms with E-state index in [1.165, 1.54) is 0 Å². The molecule has 0 saturated carbocycles. The fourth-order valence-corrected chi connectivity index (χ4v) is 16.1. The number of hydrogen-bond donors (Lipinski definition) is 0. The zero-order valence-electron chi connectivity index (χ0n) is 60.3. The summed E-state index contributed by atoms with van der Waals surface area (Å²) >= 11 is 0. The van der Waals surface area contributed by atoms with Crippen LogP contribution in [0, 0.1) is 0 Å². The van der Waals surface area contributed by atoms with Crippen LogP contribution in [0.1, 0.15) is 0 Å². The molecular formula is C102H64N8O2. The SMILES string of the molecule is c1ccc(-c2ccc(-c3nc(-c4ccccc4)nc(-c4ccccc4-n4c5ccc(-c6ccccc6)cc5c5c6oc7ccccc7c6ccc54)n3)cc2)cc1.c1ccc(-c2ccc(-c3nc(-c4ccccc4)nc(-c4ccccc4-n4c5cccc(-c6ccccc6)c5c5c6oc7ccccc7c6ccc54)n3)cc2)cc1. The number of nitrogens with zero attached hydrogens (tertiary/aromatic N) is 8. The molecule has 0 aliphatic rings. The molecule has 112 heavy (non-hydrogen) atoms. The van der Waals surface area contributed by atoms with Crippen LogP contribution in [0.15, 0.2) is 397 Å². The van der Waals surface area contributed by atoms with Crippen molar-refractivity contribution in [3.63, 3.8) is 0 Å². The Bertz CT molecular complexity index is 7330. The fraction of sp³-hybridized carbons (Fsp3) is 0. The van der Waals surface area contributed by atoms with E-state index in [4.69, 9.17) is 38.7 Å². The van der Waals surface area contributed by atoms with Gasteiger partial charge in [0, 0.05) is 65.7 Å². The van der Waals surface area contributed by atoms with Crippen LogP contribution >= 0.6 is 0 Å².